The van der Waals surface area contributed by atoms with Gasteiger partial charge in [-0.1, -0.05) is 13.3 Å². The average Bonchev–Trinajstić information content (AvgIpc) is 2.42. The highest BCUT2D eigenvalue weighted by Crippen LogP contribution is 2.40. The summed E-state index contributed by atoms with van der Waals surface area (Å²) >= 11 is 0. The number of nitrogens with one attached hydrogen (secondary N) is 1. The van der Waals surface area contributed by atoms with E-state index in [1.54, 1.807) is 12.1 Å². The number of rotatable bonds is 4. The van der Waals surface area contributed by atoms with E-state index in [1.165, 1.54) is 25.3 Å². The number of nitro groups is 1. The zero-order valence-corrected chi connectivity index (χ0v) is 11.4. The third kappa shape index (κ3) is 2.43. The summed E-state index contributed by atoms with van der Waals surface area (Å²) in [5, 5.41) is 14.9. The minimum absolute atomic E-state index is 0.0991. The molecule has 1 aromatic carbocycles. The molecular weight excluding hydrogens is 254 g/mol. The fraction of sp³-hybridized carbons (Fsp3) is 0.400. The molecule has 104 valence electrons. The van der Waals surface area contributed by atoms with Gasteiger partial charge in [-0.05, 0) is 36.5 Å². The zero-order chi connectivity index (χ0) is 14.2. The van der Waals surface area contributed by atoms with Crippen LogP contribution in [-0.2, 0) is 0 Å². The van der Waals surface area contributed by atoms with Crippen LogP contribution in [-0.4, -0.2) is 16.5 Å². The Balaban J connectivity index is 1.80. The first-order chi connectivity index (χ1) is 9.56. The van der Waals surface area contributed by atoms with E-state index in [0.717, 1.165) is 23.3 Å². The van der Waals surface area contributed by atoms with Gasteiger partial charge in [0.1, 0.15) is 5.82 Å². The van der Waals surface area contributed by atoms with Crippen LogP contribution in [0, 0.1) is 15.5 Å². The van der Waals surface area contributed by atoms with Gasteiger partial charge in [0.05, 0.1) is 10.4 Å². The normalized spacial score (nSPS) is 16.6. The standard InChI is InChI=1S/C15H17N3O2/c1-15(7-2-8-15)10-16-14-6-3-11-9-12(18(19)20)4-5-13(11)17-14/h3-6,9H,2,7-8,10H2,1H3,(H,16,17). The molecule has 0 aliphatic heterocycles. The third-order valence-corrected chi connectivity index (χ3v) is 4.14. The van der Waals surface area contributed by atoms with Gasteiger partial charge in [-0.25, -0.2) is 4.98 Å². The number of anilines is 1. The van der Waals surface area contributed by atoms with Gasteiger partial charge in [0, 0.05) is 24.1 Å². The van der Waals surface area contributed by atoms with Crippen LogP contribution in [0.1, 0.15) is 26.2 Å². The highest BCUT2D eigenvalue weighted by atomic mass is 16.6. The Kier molecular flexibility index (Phi) is 3.04. The van der Waals surface area contributed by atoms with E-state index in [1.807, 2.05) is 12.1 Å². The summed E-state index contributed by atoms with van der Waals surface area (Å²) in [6.45, 7) is 3.21. The SMILES string of the molecule is CC1(CNc2ccc3cc([N+](=O)[O-])ccc3n2)CCC1. The van der Waals surface area contributed by atoms with Gasteiger partial charge < -0.3 is 5.32 Å². The van der Waals surface area contributed by atoms with Crippen LogP contribution in [0.2, 0.25) is 0 Å². The molecule has 3 rings (SSSR count). The van der Waals surface area contributed by atoms with Gasteiger partial charge in [0.15, 0.2) is 0 Å². The van der Waals surface area contributed by atoms with Crippen LogP contribution < -0.4 is 5.32 Å². The van der Waals surface area contributed by atoms with Crippen molar-refractivity contribution in [3.63, 3.8) is 0 Å². The van der Waals surface area contributed by atoms with Crippen molar-refractivity contribution in [2.75, 3.05) is 11.9 Å². The molecule has 1 saturated carbocycles. The van der Waals surface area contributed by atoms with E-state index in [-0.39, 0.29) is 10.6 Å². The van der Waals surface area contributed by atoms with Crippen molar-refractivity contribution >= 4 is 22.4 Å². The van der Waals surface area contributed by atoms with Crippen LogP contribution in [0.3, 0.4) is 0 Å². The number of nitrogens with zero attached hydrogens (tertiary/aromatic N) is 2. The van der Waals surface area contributed by atoms with Gasteiger partial charge >= 0.3 is 0 Å². The highest BCUT2D eigenvalue weighted by Gasteiger charge is 2.31. The average molecular weight is 271 g/mol. The maximum atomic E-state index is 10.7. The van der Waals surface area contributed by atoms with Crippen LogP contribution in [0.5, 0.6) is 0 Å². The Morgan fingerprint density at radius 3 is 2.80 bits per heavy atom. The second-order valence-electron chi connectivity index (χ2n) is 5.85. The summed E-state index contributed by atoms with van der Waals surface area (Å²) in [5.74, 6) is 0.833. The molecule has 0 spiro atoms. The first-order valence-corrected chi connectivity index (χ1v) is 6.85. The van der Waals surface area contributed by atoms with Crippen molar-refractivity contribution in [3.8, 4) is 0 Å². The molecule has 1 heterocycles. The summed E-state index contributed by atoms with van der Waals surface area (Å²) in [5.41, 5.74) is 1.27. The van der Waals surface area contributed by atoms with E-state index in [2.05, 4.69) is 17.2 Å². The number of hydrogen-bond donors (Lipinski definition) is 1. The first kappa shape index (κ1) is 12.8. The predicted octanol–water partition coefficient (Wildman–Crippen LogP) is 3.75. The van der Waals surface area contributed by atoms with Crippen LogP contribution in [0.15, 0.2) is 30.3 Å². The number of nitro benzene ring substituents is 1. The molecule has 20 heavy (non-hydrogen) atoms. The first-order valence-electron chi connectivity index (χ1n) is 6.85. The summed E-state index contributed by atoms with van der Waals surface area (Å²) < 4.78 is 0. The molecule has 2 aromatic rings. The Morgan fingerprint density at radius 1 is 1.35 bits per heavy atom. The molecule has 1 N–H and O–H groups in total. The lowest BCUT2D eigenvalue weighted by atomic mass is 9.70. The number of benzene rings is 1. The molecule has 5 heteroatoms. The molecule has 1 aromatic heterocycles. The number of fused-ring (bicyclic) bond motifs is 1. The van der Waals surface area contributed by atoms with Gasteiger partial charge in [-0.3, -0.25) is 10.1 Å². The predicted molar refractivity (Wildman–Crippen MR) is 78.8 cm³/mol. The van der Waals surface area contributed by atoms with Gasteiger partial charge in [0.2, 0.25) is 0 Å². The van der Waals surface area contributed by atoms with Crippen molar-refractivity contribution in [2.24, 2.45) is 5.41 Å². The number of non-ortho nitro benzene ring substituents is 1. The van der Waals surface area contributed by atoms with Gasteiger partial charge in [0.25, 0.3) is 5.69 Å². The number of pyridine rings is 1. The van der Waals surface area contributed by atoms with Crippen molar-refractivity contribution in [2.45, 2.75) is 26.2 Å². The van der Waals surface area contributed by atoms with E-state index in [9.17, 15) is 10.1 Å². The molecule has 0 amide bonds. The van der Waals surface area contributed by atoms with Crippen LogP contribution in [0.4, 0.5) is 11.5 Å². The summed E-state index contributed by atoms with van der Waals surface area (Å²) in [4.78, 5) is 14.9. The lowest BCUT2D eigenvalue weighted by molar-refractivity contribution is -0.384. The molecule has 5 nitrogen and oxygen atoms in total. The van der Waals surface area contributed by atoms with E-state index in [4.69, 9.17) is 0 Å². The molecule has 1 aliphatic carbocycles. The van der Waals surface area contributed by atoms with Crippen LogP contribution >= 0.6 is 0 Å². The molecule has 0 radical (unpaired) electrons. The lowest BCUT2D eigenvalue weighted by Gasteiger charge is -2.38. The lowest BCUT2D eigenvalue weighted by Crippen LogP contribution is -2.33. The second-order valence-corrected chi connectivity index (χ2v) is 5.85. The molecule has 1 fully saturated rings. The topological polar surface area (TPSA) is 68.1 Å². The van der Waals surface area contributed by atoms with Gasteiger partial charge in [-0.2, -0.15) is 0 Å². The fourth-order valence-electron chi connectivity index (χ4n) is 2.59. The fourth-order valence-corrected chi connectivity index (χ4v) is 2.59. The Labute approximate surface area is 117 Å². The number of aromatic nitrogens is 1. The van der Waals surface area contributed by atoms with E-state index < -0.39 is 0 Å². The van der Waals surface area contributed by atoms with Crippen molar-refractivity contribution in [3.05, 3.63) is 40.4 Å². The second kappa shape index (κ2) is 4.74. The monoisotopic (exact) mass is 271 g/mol. The maximum Gasteiger partial charge on any atom is 0.270 e. The molecule has 0 bridgehead atoms. The zero-order valence-electron chi connectivity index (χ0n) is 11.4. The Morgan fingerprint density at radius 2 is 2.15 bits per heavy atom. The quantitative estimate of drug-likeness (QED) is 0.679. The maximum absolute atomic E-state index is 10.7. The Hall–Kier alpha value is -2.17. The molecular formula is C15H17N3O2. The Bertz CT molecular complexity index is 665. The third-order valence-electron chi connectivity index (χ3n) is 4.14. The van der Waals surface area contributed by atoms with Crippen molar-refractivity contribution in [1.29, 1.82) is 0 Å². The summed E-state index contributed by atoms with van der Waals surface area (Å²) in [7, 11) is 0. The smallest absolute Gasteiger partial charge is 0.270 e. The minimum Gasteiger partial charge on any atom is -0.370 e. The van der Waals surface area contributed by atoms with E-state index in [0.29, 0.717) is 5.41 Å². The summed E-state index contributed by atoms with van der Waals surface area (Å²) in [6, 6.07) is 8.50. The number of hydrogen-bond acceptors (Lipinski definition) is 4. The largest absolute Gasteiger partial charge is 0.370 e. The molecule has 1 aliphatic rings. The van der Waals surface area contributed by atoms with Gasteiger partial charge in [-0.15, -0.1) is 0 Å². The van der Waals surface area contributed by atoms with Crippen molar-refractivity contribution < 1.29 is 4.92 Å². The van der Waals surface area contributed by atoms with Crippen LogP contribution in [0.25, 0.3) is 10.9 Å². The molecule has 0 saturated heterocycles. The van der Waals surface area contributed by atoms with Crippen molar-refractivity contribution in [1.82, 2.24) is 4.98 Å². The molecule has 0 atom stereocenters. The minimum atomic E-state index is -0.386. The molecule has 0 unspecified atom stereocenters. The van der Waals surface area contributed by atoms with E-state index >= 15 is 0 Å². The highest BCUT2D eigenvalue weighted by molar-refractivity contribution is 5.82. The summed E-state index contributed by atoms with van der Waals surface area (Å²) in [6.07, 6.45) is 3.84.